The van der Waals surface area contributed by atoms with Gasteiger partial charge in [0.1, 0.15) is 18.2 Å². The lowest BCUT2D eigenvalue weighted by atomic mass is 10.1. The van der Waals surface area contributed by atoms with Gasteiger partial charge in [0, 0.05) is 18.2 Å². The summed E-state index contributed by atoms with van der Waals surface area (Å²) >= 11 is 5.97. The maximum absolute atomic E-state index is 13.1. The Bertz CT molecular complexity index is 679. The molecule has 5 nitrogen and oxygen atoms in total. The second kappa shape index (κ2) is 6.51. The summed E-state index contributed by atoms with van der Waals surface area (Å²) in [6.45, 7) is -0.00761. The van der Waals surface area contributed by atoms with Gasteiger partial charge in [-0.05, 0) is 24.3 Å². The summed E-state index contributed by atoms with van der Waals surface area (Å²) in [6, 6.07) is 8.31. The van der Waals surface area contributed by atoms with Crippen LogP contribution in [0.2, 0.25) is 5.02 Å². The highest BCUT2D eigenvalue weighted by molar-refractivity contribution is 6.31. The van der Waals surface area contributed by atoms with E-state index in [1.165, 1.54) is 30.3 Å². The second-order valence-corrected chi connectivity index (χ2v) is 4.65. The monoisotopic (exact) mass is 310 g/mol. The Hall–Kier alpha value is -2.18. The van der Waals surface area contributed by atoms with Gasteiger partial charge in [-0.2, -0.15) is 0 Å². The molecule has 7 heteroatoms. The lowest BCUT2D eigenvalue weighted by molar-refractivity contribution is -0.385. The Kier molecular flexibility index (Phi) is 4.72. The van der Waals surface area contributed by atoms with Gasteiger partial charge in [-0.1, -0.05) is 17.7 Å². The molecule has 110 valence electrons. The molecule has 0 radical (unpaired) electrons. The van der Waals surface area contributed by atoms with Gasteiger partial charge in [0.25, 0.3) is 5.69 Å². The molecule has 0 atom stereocenters. The molecule has 0 saturated carbocycles. The first-order valence-corrected chi connectivity index (χ1v) is 6.43. The Morgan fingerprint density at radius 1 is 1.33 bits per heavy atom. The SMILES string of the molecule is NCc1cc(F)ccc1OCc1c(Cl)cccc1[N+](=O)[O-]. The highest BCUT2D eigenvalue weighted by atomic mass is 35.5. The normalized spacial score (nSPS) is 10.4. The largest absolute Gasteiger partial charge is 0.488 e. The van der Waals surface area contributed by atoms with Gasteiger partial charge >= 0.3 is 0 Å². The minimum atomic E-state index is -0.529. The molecule has 0 spiro atoms. The first-order valence-electron chi connectivity index (χ1n) is 6.06. The smallest absolute Gasteiger partial charge is 0.277 e. The van der Waals surface area contributed by atoms with Crippen molar-refractivity contribution >= 4 is 17.3 Å². The van der Waals surface area contributed by atoms with E-state index in [4.69, 9.17) is 22.1 Å². The number of nitrogens with two attached hydrogens (primary N) is 1. The van der Waals surface area contributed by atoms with Crippen molar-refractivity contribution < 1.29 is 14.1 Å². The van der Waals surface area contributed by atoms with Gasteiger partial charge in [0.05, 0.1) is 15.5 Å². The van der Waals surface area contributed by atoms with Crippen molar-refractivity contribution in [2.24, 2.45) is 5.73 Å². The van der Waals surface area contributed by atoms with E-state index in [1.807, 2.05) is 0 Å². The average molecular weight is 311 g/mol. The van der Waals surface area contributed by atoms with E-state index < -0.39 is 10.7 Å². The number of benzene rings is 2. The third-order valence-corrected chi connectivity index (χ3v) is 3.26. The summed E-state index contributed by atoms with van der Waals surface area (Å²) in [5, 5.41) is 11.2. The van der Waals surface area contributed by atoms with E-state index in [0.717, 1.165) is 0 Å². The summed E-state index contributed by atoms with van der Waals surface area (Å²) in [5.41, 5.74) is 6.13. The zero-order valence-corrected chi connectivity index (χ0v) is 11.6. The maximum Gasteiger partial charge on any atom is 0.277 e. The van der Waals surface area contributed by atoms with E-state index in [2.05, 4.69) is 0 Å². The van der Waals surface area contributed by atoms with Crippen molar-refractivity contribution in [3.63, 3.8) is 0 Å². The third kappa shape index (κ3) is 3.48. The molecule has 2 aromatic rings. The first-order chi connectivity index (χ1) is 10.0. The zero-order valence-electron chi connectivity index (χ0n) is 10.9. The van der Waals surface area contributed by atoms with Crippen LogP contribution in [0.5, 0.6) is 5.75 Å². The molecule has 2 aromatic carbocycles. The molecular weight excluding hydrogens is 299 g/mol. The summed E-state index contributed by atoms with van der Waals surface area (Å²) in [7, 11) is 0. The predicted octanol–water partition coefficient (Wildman–Crippen LogP) is 3.43. The summed E-state index contributed by atoms with van der Waals surface area (Å²) in [4.78, 5) is 10.4. The molecule has 0 aliphatic heterocycles. The van der Waals surface area contributed by atoms with Crippen LogP contribution in [0, 0.1) is 15.9 Å². The van der Waals surface area contributed by atoms with Crippen LogP contribution in [0.1, 0.15) is 11.1 Å². The summed E-state index contributed by atoms with van der Waals surface area (Å²) in [5.74, 6) is -0.0559. The second-order valence-electron chi connectivity index (χ2n) is 4.24. The molecule has 0 amide bonds. The fourth-order valence-corrected chi connectivity index (χ4v) is 2.08. The Balaban J connectivity index is 2.27. The van der Waals surface area contributed by atoms with Crippen LogP contribution >= 0.6 is 11.6 Å². The lowest BCUT2D eigenvalue weighted by Gasteiger charge is -2.11. The number of ether oxygens (including phenoxy) is 1. The molecule has 0 unspecified atom stereocenters. The van der Waals surface area contributed by atoms with Gasteiger partial charge < -0.3 is 10.5 Å². The fraction of sp³-hybridized carbons (Fsp3) is 0.143. The number of hydrogen-bond donors (Lipinski definition) is 1. The van der Waals surface area contributed by atoms with Gasteiger partial charge in [0.2, 0.25) is 0 Å². The van der Waals surface area contributed by atoms with Crippen LogP contribution in [0.15, 0.2) is 36.4 Å². The standard InChI is InChI=1S/C14H12ClFN2O3/c15-12-2-1-3-13(18(19)20)11(12)8-21-14-5-4-10(16)6-9(14)7-17/h1-6H,7-8,17H2. The van der Waals surface area contributed by atoms with Gasteiger partial charge in [-0.3, -0.25) is 10.1 Å². The van der Waals surface area contributed by atoms with Crippen molar-refractivity contribution in [3.05, 3.63) is 68.5 Å². The van der Waals surface area contributed by atoms with Gasteiger partial charge in [-0.15, -0.1) is 0 Å². The zero-order chi connectivity index (χ0) is 15.4. The van der Waals surface area contributed by atoms with Crippen LogP contribution in [0.4, 0.5) is 10.1 Å². The lowest BCUT2D eigenvalue weighted by Crippen LogP contribution is -2.05. The Morgan fingerprint density at radius 3 is 2.76 bits per heavy atom. The topological polar surface area (TPSA) is 78.4 Å². The number of halogens is 2. The minimum Gasteiger partial charge on any atom is -0.488 e. The molecule has 0 fully saturated rings. The quantitative estimate of drug-likeness (QED) is 0.678. The molecule has 0 aliphatic rings. The van der Waals surface area contributed by atoms with Gasteiger partial charge in [-0.25, -0.2) is 4.39 Å². The highest BCUT2D eigenvalue weighted by Crippen LogP contribution is 2.28. The number of rotatable bonds is 5. The van der Waals surface area contributed by atoms with Crippen molar-refractivity contribution in [1.29, 1.82) is 0 Å². The molecule has 21 heavy (non-hydrogen) atoms. The molecule has 0 saturated heterocycles. The number of nitro benzene ring substituents is 1. The Morgan fingerprint density at radius 2 is 2.10 bits per heavy atom. The van der Waals surface area contributed by atoms with Gasteiger partial charge in [0.15, 0.2) is 0 Å². The van der Waals surface area contributed by atoms with Crippen LogP contribution in [0.25, 0.3) is 0 Å². The molecule has 0 aliphatic carbocycles. The van der Waals surface area contributed by atoms with Crippen LogP contribution in [-0.2, 0) is 13.2 Å². The summed E-state index contributed by atoms with van der Waals surface area (Å²) < 4.78 is 18.6. The molecule has 0 heterocycles. The average Bonchev–Trinajstić information content (AvgIpc) is 2.46. The number of nitro groups is 1. The first kappa shape index (κ1) is 15.2. The third-order valence-electron chi connectivity index (χ3n) is 2.91. The van der Waals surface area contributed by atoms with Crippen molar-refractivity contribution in [1.82, 2.24) is 0 Å². The van der Waals surface area contributed by atoms with Crippen LogP contribution in [-0.4, -0.2) is 4.92 Å². The fourth-order valence-electron chi connectivity index (χ4n) is 1.86. The summed E-state index contributed by atoms with van der Waals surface area (Å²) in [6.07, 6.45) is 0. The van der Waals surface area contributed by atoms with Crippen molar-refractivity contribution in [2.45, 2.75) is 13.2 Å². The van der Waals surface area contributed by atoms with Crippen molar-refractivity contribution in [3.8, 4) is 5.75 Å². The van der Waals surface area contributed by atoms with Crippen LogP contribution in [0.3, 0.4) is 0 Å². The molecule has 2 N–H and O–H groups in total. The maximum atomic E-state index is 13.1. The number of hydrogen-bond acceptors (Lipinski definition) is 4. The Labute approximate surface area is 125 Å². The molecule has 2 rings (SSSR count). The minimum absolute atomic E-state index is 0.0949. The van der Waals surface area contributed by atoms with Crippen molar-refractivity contribution in [2.75, 3.05) is 0 Å². The molecular formula is C14H12ClFN2O3. The van der Waals surface area contributed by atoms with Crippen LogP contribution < -0.4 is 10.5 Å². The molecule has 0 aromatic heterocycles. The molecule has 0 bridgehead atoms. The number of nitrogens with zero attached hydrogens (tertiary/aromatic N) is 1. The highest BCUT2D eigenvalue weighted by Gasteiger charge is 2.17. The van der Waals surface area contributed by atoms with E-state index in [9.17, 15) is 14.5 Å². The van der Waals surface area contributed by atoms with E-state index in [1.54, 1.807) is 6.07 Å². The van der Waals surface area contributed by atoms with E-state index in [-0.39, 0.29) is 29.4 Å². The van der Waals surface area contributed by atoms with E-state index in [0.29, 0.717) is 11.3 Å². The predicted molar refractivity (Wildman–Crippen MR) is 76.7 cm³/mol. The van der Waals surface area contributed by atoms with E-state index >= 15 is 0 Å².